The van der Waals surface area contributed by atoms with Gasteiger partial charge in [-0.25, -0.2) is 0 Å². The molecule has 0 saturated carbocycles. The fourth-order valence-corrected chi connectivity index (χ4v) is 3.51. The van der Waals surface area contributed by atoms with Crippen molar-refractivity contribution >= 4 is 0 Å². The molecule has 0 N–H and O–H groups in total. The number of ether oxygens (including phenoxy) is 2. The van der Waals surface area contributed by atoms with E-state index in [9.17, 15) is 0 Å². The van der Waals surface area contributed by atoms with Crippen molar-refractivity contribution in [3.63, 3.8) is 0 Å². The van der Waals surface area contributed by atoms with E-state index < -0.39 is 0 Å². The molecule has 0 radical (unpaired) electrons. The monoisotopic (exact) mass is 366 g/mol. The average Bonchev–Trinajstić information content (AvgIpc) is 2.65. The van der Waals surface area contributed by atoms with Crippen molar-refractivity contribution in [3.05, 3.63) is 0 Å². The number of unbranched alkanes of at least 4 members (excludes halogenated alkanes) is 13. The van der Waals surface area contributed by atoms with E-state index in [-0.39, 0.29) is 0 Å². The minimum Gasteiger partial charge on any atom is -0.444 e. The van der Waals surface area contributed by atoms with Crippen LogP contribution in [0.15, 0.2) is 0 Å². The molecule has 0 heterocycles. The van der Waals surface area contributed by atoms with Crippen LogP contribution in [-0.2, 0) is 9.47 Å². The van der Waals surface area contributed by atoms with Gasteiger partial charge in [0.25, 0.3) is 0 Å². The van der Waals surface area contributed by atoms with Gasteiger partial charge in [0.1, 0.15) is 12.7 Å². The fourth-order valence-electron chi connectivity index (χ4n) is 3.51. The van der Waals surface area contributed by atoms with Gasteiger partial charge in [0.05, 0.1) is 12.7 Å². The van der Waals surface area contributed by atoms with E-state index in [4.69, 9.17) is 15.9 Å². The Bertz CT molecular complexity index is 295. The van der Waals surface area contributed by atoms with Crippen LogP contribution in [0.2, 0.25) is 0 Å². The van der Waals surface area contributed by atoms with Gasteiger partial charge in [0.15, 0.2) is 0 Å². The zero-order chi connectivity index (χ0) is 19.1. The van der Waals surface area contributed by atoms with Crippen LogP contribution >= 0.6 is 0 Å². The summed E-state index contributed by atoms with van der Waals surface area (Å²) in [6.07, 6.45) is 30.9. The zero-order valence-corrected chi connectivity index (χ0v) is 17.9. The molecule has 2 heteroatoms. The lowest BCUT2D eigenvalue weighted by Gasteiger charge is -2.16. The van der Waals surface area contributed by atoms with Gasteiger partial charge in [-0.1, -0.05) is 117 Å². The van der Waals surface area contributed by atoms with E-state index >= 15 is 0 Å². The lowest BCUT2D eigenvalue weighted by Crippen LogP contribution is -2.15. The van der Waals surface area contributed by atoms with E-state index in [0.717, 1.165) is 6.42 Å². The first kappa shape index (κ1) is 25.3. The summed E-state index contributed by atoms with van der Waals surface area (Å²) in [6.45, 7) is 5.64. The molecule has 0 bridgehead atoms. The molecule has 0 aromatic rings. The standard InChI is InChI=1S/C24H46O2/c1-4-7-8-9-10-11-12-13-14-15-16-17-18-19-21-24(20-5-2)26-23-22-25-6-3/h3,24H,4-5,7-23H2,1-2H3. The predicted molar refractivity (Wildman–Crippen MR) is 114 cm³/mol. The summed E-state index contributed by atoms with van der Waals surface area (Å²) in [5.41, 5.74) is 0. The maximum Gasteiger partial charge on any atom is 0.123 e. The smallest absolute Gasteiger partial charge is 0.123 e. The van der Waals surface area contributed by atoms with E-state index in [1.807, 2.05) is 0 Å². The topological polar surface area (TPSA) is 18.5 Å². The van der Waals surface area contributed by atoms with Gasteiger partial charge in [0.2, 0.25) is 0 Å². The Morgan fingerprint density at radius 3 is 1.58 bits per heavy atom. The molecule has 0 fully saturated rings. The van der Waals surface area contributed by atoms with Crippen LogP contribution in [0.5, 0.6) is 0 Å². The van der Waals surface area contributed by atoms with Gasteiger partial charge in [0, 0.05) is 0 Å². The number of terminal acetylenes is 1. The molecule has 0 spiro atoms. The largest absolute Gasteiger partial charge is 0.444 e. The van der Waals surface area contributed by atoms with Crippen molar-refractivity contribution in [2.75, 3.05) is 13.2 Å². The van der Waals surface area contributed by atoms with Crippen molar-refractivity contribution in [1.29, 1.82) is 0 Å². The van der Waals surface area contributed by atoms with Gasteiger partial charge in [-0.2, -0.15) is 0 Å². The summed E-state index contributed by atoms with van der Waals surface area (Å²) < 4.78 is 10.8. The molecule has 26 heavy (non-hydrogen) atoms. The van der Waals surface area contributed by atoms with Crippen LogP contribution in [0.4, 0.5) is 0 Å². The molecular weight excluding hydrogens is 320 g/mol. The van der Waals surface area contributed by atoms with Crippen molar-refractivity contribution in [3.8, 4) is 12.5 Å². The Morgan fingerprint density at radius 1 is 0.615 bits per heavy atom. The summed E-state index contributed by atoms with van der Waals surface area (Å²) in [5, 5.41) is 0. The first-order valence-corrected chi connectivity index (χ1v) is 11.5. The Labute approximate surface area is 164 Å². The predicted octanol–water partition coefficient (Wildman–Crippen LogP) is 7.65. The van der Waals surface area contributed by atoms with Gasteiger partial charge in [-0.3, -0.25) is 0 Å². The van der Waals surface area contributed by atoms with Crippen LogP contribution in [0.1, 0.15) is 123 Å². The fraction of sp³-hybridized carbons (Fsp3) is 0.917. The van der Waals surface area contributed by atoms with Crippen molar-refractivity contribution in [2.24, 2.45) is 0 Å². The lowest BCUT2D eigenvalue weighted by molar-refractivity contribution is 0.0175. The molecule has 2 nitrogen and oxygen atoms in total. The normalized spacial score (nSPS) is 12.0. The summed E-state index contributed by atoms with van der Waals surface area (Å²) in [4.78, 5) is 0. The second-order valence-corrected chi connectivity index (χ2v) is 7.63. The Kier molecular flexibility index (Phi) is 21.8. The number of rotatable bonds is 21. The summed E-state index contributed by atoms with van der Waals surface area (Å²) in [7, 11) is 0. The Hall–Kier alpha value is -0.680. The highest BCUT2D eigenvalue weighted by atomic mass is 16.5. The molecule has 154 valence electrons. The lowest BCUT2D eigenvalue weighted by atomic mass is 10.0. The molecule has 0 aromatic heterocycles. The summed E-state index contributed by atoms with van der Waals surface area (Å²) in [6, 6.07) is 0. The number of hydrogen-bond acceptors (Lipinski definition) is 2. The van der Waals surface area contributed by atoms with E-state index in [0.29, 0.717) is 19.3 Å². The van der Waals surface area contributed by atoms with Crippen LogP contribution in [0.3, 0.4) is 0 Å². The van der Waals surface area contributed by atoms with Crippen LogP contribution in [-0.4, -0.2) is 19.3 Å². The Morgan fingerprint density at radius 2 is 1.12 bits per heavy atom. The molecule has 0 aliphatic carbocycles. The molecule has 0 rings (SSSR count). The van der Waals surface area contributed by atoms with Crippen LogP contribution < -0.4 is 0 Å². The quantitative estimate of drug-likeness (QED) is 0.153. The SMILES string of the molecule is C#COCCOC(CCC)CCCCCCCCCCCCCCCC. The first-order chi connectivity index (χ1) is 12.8. The second-order valence-electron chi connectivity index (χ2n) is 7.63. The minimum atomic E-state index is 0.388. The average molecular weight is 367 g/mol. The first-order valence-electron chi connectivity index (χ1n) is 11.5. The van der Waals surface area contributed by atoms with E-state index in [2.05, 4.69) is 20.0 Å². The van der Waals surface area contributed by atoms with Crippen molar-refractivity contribution < 1.29 is 9.47 Å². The molecule has 0 aromatic carbocycles. The van der Waals surface area contributed by atoms with Gasteiger partial charge in [-0.05, 0) is 12.8 Å². The van der Waals surface area contributed by atoms with Gasteiger partial charge < -0.3 is 9.47 Å². The third-order valence-electron chi connectivity index (χ3n) is 5.11. The molecular formula is C24H46O2. The van der Waals surface area contributed by atoms with Crippen molar-refractivity contribution in [2.45, 2.75) is 129 Å². The van der Waals surface area contributed by atoms with E-state index in [1.54, 1.807) is 0 Å². The molecule has 0 aliphatic heterocycles. The highest BCUT2D eigenvalue weighted by molar-refractivity contribution is 4.68. The maximum absolute atomic E-state index is 5.88. The third-order valence-corrected chi connectivity index (χ3v) is 5.11. The molecule has 1 atom stereocenters. The van der Waals surface area contributed by atoms with Crippen molar-refractivity contribution in [1.82, 2.24) is 0 Å². The summed E-state index contributed by atoms with van der Waals surface area (Å²) in [5.74, 6) is 0. The third kappa shape index (κ3) is 19.6. The summed E-state index contributed by atoms with van der Waals surface area (Å²) >= 11 is 0. The van der Waals surface area contributed by atoms with Gasteiger partial charge >= 0.3 is 0 Å². The molecule has 0 aliphatic rings. The maximum atomic E-state index is 5.88. The highest BCUT2D eigenvalue weighted by Crippen LogP contribution is 2.15. The van der Waals surface area contributed by atoms with Gasteiger partial charge in [-0.15, -0.1) is 0 Å². The second kappa shape index (κ2) is 22.4. The zero-order valence-electron chi connectivity index (χ0n) is 17.9. The minimum absolute atomic E-state index is 0.388. The van der Waals surface area contributed by atoms with E-state index in [1.165, 1.54) is 103 Å². The van der Waals surface area contributed by atoms with Crippen LogP contribution in [0, 0.1) is 12.5 Å². The highest BCUT2D eigenvalue weighted by Gasteiger charge is 2.07. The molecule has 0 amide bonds. The number of hydrogen-bond donors (Lipinski definition) is 0. The molecule has 1 unspecified atom stereocenters. The molecule has 0 saturated heterocycles. The van der Waals surface area contributed by atoms with Crippen LogP contribution in [0.25, 0.3) is 0 Å². The Balaban J connectivity index is 3.30.